The van der Waals surface area contributed by atoms with E-state index >= 15 is 0 Å². The van der Waals surface area contributed by atoms with Crippen LogP contribution in [0.15, 0.2) is 22.6 Å². The SMILES string of the molecule is CC(C)OC(=O)CCNC(=O)COc1ccc2oc3c(c2c1)CCCC3. The predicted octanol–water partition coefficient (Wildman–Crippen LogP) is 3.15. The molecule has 0 aliphatic heterocycles. The third-order valence-corrected chi connectivity index (χ3v) is 4.31. The minimum Gasteiger partial charge on any atom is -0.484 e. The van der Waals surface area contributed by atoms with Crippen molar-refractivity contribution in [1.82, 2.24) is 5.32 Å². The van der Waals surface area contributed by atoms with Gasteiger partial charge in [0.15, 0.2) is 6.61 Å². The number of nitrogens with one attached hydrogen (secondary N) is 1. The lowest BCUT2D eigenvalue weighted by molar-refractivity contribution is -0.147. The average molecular weight is 359 g/mol. The molecule has 1 aromatic carbocycles. The fraction of sp³-hybridized carbons (Fsp3) is 0.500. The number of rotatable bonds is 7. The maximum absolute atomic E-state index is 11.9. The predicted molar refractivity (Wildman–Crippen MR) is 97.2 cm³/mol. The van der Waals surface area contributed by atoms with Gasteiger partial charge >= 0.3 is 5.97 Å². The van der Waals surface area contributed by atoms with Gasteiger partial charge in [-0.15, -0.1) is 0 Å². The first-order chi connectivity index (χ1) is 12.5. The third kappa shape index (κ3) is 4.56. The van der Waals surface area contributed by atoms with Gasteiger partial charge in [0.05, 0.1) is 12.5 Å². The topological polar surface area (TPSA) is 77.8 Å². The first kappa shape index (κ1) is 18.3. The van der Waals surface area contributed by atoms with Crippen LogP contribution in [0.25, 0.3) is 11.0 Å². The fourth-order valence-electron chi connectivity index (χ4n) is 3.16. The molecule has 0 unspecified atom stereocenters. The lowest BCUT2D eigenvalue weighted by atomic mass is 9.96. The smallest absolute Gasteiger partial charge is 0.307 e. The van der Waals surface area contributed by atoms with Crippen LogP contribution in [0.2, 0.25) is 0 Å². The number of furan rings is 1. The second kappa shape index (κ2) is 8.25. The molecule has 0 fully saturated rings. The molecular formula is C20H25NO5. The van der Waals surface area contributed by atoms with Gasteiger partial charge in [0, 0.05) is 23.9 Å². The summed E-state index contributed by atoms with van der Waals surface area (Å²) in [5.74, 6) is 1.13. The van der Waals surface area contributed by atoms with Crippen LogP contribution in [0, 0.1) is 0 Å². The minimum atomic E-state index is -0.323. The Hall–Kier alpha value is -2.50. The van der Waals surface area contributed by atoms with Crippen molar-refractivity contribution in [3.8, 4) is 5.75 Å². The van der Waals surface area contributed by atoms with E-state index < -0.39 is 0 Å². The van der Waals surface area contributed by atoms with Crippen LogP contribution in [0.4, 0.5) is 0 Å². The van der Waals surface area contributed by atoms with E-state index in [0.29, 0.717) is 5.75 Å². The number of benzene rings is 1. The van der Waals surface area contributed by atoms with Gasteiger partial charge in [-0.2, -0.15) is 0 Å². The van der Waals surface area contributed by atoms with E-state index in [0.717, 1.165) is 29.6 Å². The molecule has 1 aliphatic carbocycles. The third-order valence-electron chi connectivity index (χ3n) is 4.31. The molecule has 1 amide bonds. The molecule has 26 heavy (non-hydrogen) atoms. The molecule has 0 bridgehead atoms. The molecule has 1 heterocycles. The maximum atomic E-state index is 11.9. The molecule has 1 aliphatic rings. The Morgan fingerprint density at radius 1 is 1.23 bits per heavy atom. The Morgan fingerprint density at radius 2 is 2.04 bits per heavy atom. The summed E-state index contributed by atoms with van der Waals surface area (Å²) >= 11 is 0. The molecule has 2 aromatic rings. The minimum absolute atomic E-state index is 0.0925. The molecule has 140 valence electrons. The zero-order chi connectivity index (χ0) is 18.5. The largest absolute Gasteiger partial charge is 0.484 e. The van der Waals surface area contributed by atoms with Gasteiger partial charge in [0.1, 0.15) is 17.1 Å². The van der Waals surface area contributed by atoms with Gasteiger partial charge in [0.25, 0.3) is 5.91 Å². The summed E-state index contributed by atoms with van der Waals surface area (Å²) in [5, 5.41) is 3.73. The number of amides is 1. The highest BCUT2D eigenvalue weighted by molar-refractivity contribution is 5.84. The van der Waals surface area contributed by atoms with Crippen molar-refractivity contribution >= 4 is 22.8 Å². The van der Waals surface area contributed by atoms with Gasteiger partial charge in [-0.3, -0.25) is 9.59 Å². The number of aryl methyl sites for hydroxylation is 2. The first-order valence-electron chi connectivity index (χ1n) is 9.16. The number of esters is 1. The Morgan fingerprint density at radius 3 is 2.85 bits per heavy atom. The summed E-state index contributed by atoms with van der Waals surface area (Å²) in [6, 6.07) is 5.64. The van der Waals surface area contributed by atoms with Gasteiger partial charge in [-0.1, -0.05) is 0 Å². The Labute approximate surface area is 152 Å². The molecule has 0 saturated heterocycles. The molecular weight excluding hydrogens is 334 g/mol. The van der Waals surface area contributed by atoms with E-state index in [1.807, 2.05) is 18.2 Å². The summed E-state index contributed by atoms with van der Waals surface area (Å²) in [5.41, 5.74) is 2.14. The van der Waals surface area contributed by atoms with Crippen LogP contribution in [0.3, 0.4) is 0 Å². The van der Waals surface area contributed by atoms with Crippen molar-refractivity contribution in [3.63, 3.8) is 0 Å². The molecule has 0 spiro atoms. The number of carbonyl (C=O) groups excluding carboxylic acids is 2. The van der Waals surface area contributed by atoms with Crippen LogP contribution >= 0.6 is 0 Å². The lowest BCUT2D eigenvalue weighted by Crippen LogP contribution is -2.31. The van der Waals surface area contributed by atoms with E-state index in [9.17, 15) is 9.59 Å². The quantitative estimate of drug-likeness (QED) is 0.769. The second-order valence-electron chi connectivity index (χ2n) is 6.80. The molecule has 0 saturated carbocycles. The highest BCUT2D eigenvalue weighted by atomic mass is 16.5. The Bertz CT molecular complexity index is 793. The van der Waals surface area contributed by atoms with Crippen molar-refractivity contribution in [2.24, 2.45) is 0 Å². The van der Waals surface area contributed by atoms with E-state index in [2.05, 4.69) is 5.32 Å². The zero-order valence-electron chi connectivity index (χ0n) is 15.3. The van der Waals surface area contributed by atoms with E-state index in [4.69, 9.17) is 13.9 Å². The zero-order valence-corrected chi connectivity index (χ0v) is 15.3. The van der Waals surface area contributed by atoms with E-state index in [-0.39, 0.29) is 37.6 Å². The summed E-state index contributed by atoms with van der Waals surface area (Å²) in [6.45, 7) is 3.73. The standard InChI is InChI=1S/C20H25NO5/c1-13(2)25-20(23)9-10-21-19(22)12-24-14-7-8-18-16(11-14)15-5-3-4-6-17(15)26-18/h7-8,11,13H,3-6,9-10,12H2,1-2H3,(H,21,22). The van der Waals surface area contributed by atoms with E-state index in [1.54, 1.807) is 13.8 Å². The molecule has 3 rings (SSSR count). The van der Waals surface area contributed by atoms with Gasteiger partial charge in [0.2, 0.25) is 0 Å². The summed E-state index contributed by atoms with van der Waals surface area (Å²) < 4.78 is 16.5. The van der Waals surface area contributed by atoms with Crippen molar-refractivity contribution in [1.29, 1.82) is 0 Å². The van der Waals surface area contributed by atoms with Crippen LogP contribution in [-0.2, 0) is 27.2 Å². The fourth-order valence-corrected chi connectivity index (χ4v) is 3.16. The Balaban J connectivity index is 1.50. The maximum Gasteiger partial charge on any atom is 0.307 e. The number of hydrogen-bond acceptors (Lipinski definition) is 5. The highest BCUT2D eigenvalue weighted by Gasteiger charge is 2.18. The molecule has 0 atom stereocenters. The lowest BCUT2D eigenvalue weighted by Gasteiger charge is -2.10. The van der Waals surface area contributed by atoms with Gasteiger partial charge in [-0.25, -0.2) is 0 Å². The normalized spacial score (nSPS) is 13.5. The van der Waals surface area contributed by atoms with Crippen LogP contribution in [0.5, 0.6) is 5.75 Å². The number of carbonyl (C=O) groups is 2. The number of ether oxygens (including phenoxy) is 2. The number of hydrogen-bond donors (Lipinski definition) is 1. The number of fused-ring (bicyclic) bond motifs is 3. The summed E-state index contributed by atoms with van der Waals surface area (Å²) in [6.07, 6.45) is 4.36. The second-order valence-corrected chi connectivity index (χ2v) is 6.80. The van der Waals surface area contributed by atoms with Crippen molar-refractivity contribution < 1.29 is 23.5 Å². The van der Waals surface area contributed by atoms with Crippen LogP contribution in [-0.4, -0.2) is 31.1 Å². The Kier molecular flexibility index (Phi) is 5.81. The van der Waals surface area contributed by atoms with Gasteiger partial charge < -0.3 is 19.2 Å². The monoisotopic (exact) mass is 359 g/mol. The molecule has 6 heteroatoms. The van der Waals surface area contributed by atoms with Crippen LogP contribution < -0.4 is 10.1 Å². The van der Waals surface area contributed by atoms with Crippen LogP contribution in [0.1, 0.15) is 44.4 Å². The molecule has 6 nitrogen and oxygen atoms in total. The molecule has 1 aromatic heterocycles. The summed E-state index contributed by atoms with van der Waals surface area (Å²) in [7, 11) is 0. The molecule has 1 N–H and O–H groups in total. The van der Waals surface area contributed by atoms with Gasteiger partial charge in [-0.05, 0) is 51.3 Å². The van der Waals surface area contributed by atoms with Crippen molar-refractivity contribution in [2.45, 2.75) is 52.1 Å². The first-order valence-corrected chi connectivity index (χ1v) is 9.16. The van der Waals surface area contributed by atoms with E-state index in [1.165, 1.54) is 18.4 Å². The van der Waals surface area contributed by atoms with Crippen molar-refractivity contribution in [3.05, 3.63) is 29.5 Å². The average Bonchev–Trinajstić information content (AvgIpc) is 2.97. The highest BCUT2D eigenvalue weighted by Crippen LogP contribution is 2.33. The van der Waals surface area contributed by atoms with Crippen molar-refractivity contribution in [2.75, 3.05) is 13.2 Å². The molecule has 0 radical (unpaired) electrons. The summed E-state index contributed by atoms with van der Waals surface area (Å²) in [4.78, 5) is 23.3.